The van der Waals surface area contributed by atoms with Crippen molar-refractivity contribution in [3.8, 4) is 0 Å². The van der Waals surface area contributed by atoms with Gasteiger partial charge in [-0.15, -0.1) is 0 Å². The van der Waals surface area contributed by atoms with Crippen LogP contribution >= 0.6 is 0 Å². The van der Waals surface area contributed by atoms with Crippen molar-refractivity contribution in [3.05, 3.63) is 29.8 Å². The number of hydrogen-bond donors (Lipinski definition) is 1. The molecule has 1 amide bonds. The Morgan fingerprint density at radius 1 is 1.26 bits per heavy atom. The lowest BCUT2D eigenvalue weighted by Gasteiger charge is -2.26. The molecule has 0 aliphatic rings. The van der Waals surface area contributed by atoms with E-state index in [1.807, 2.05) is 26.0 Å². The van der Waals surface area contributed by atoms with Crippen molar-refractivity contribution in [2.75, 3.05) is 17.7 Å². The van der Waals surface area contributed by atoms with Crippen molar-refractivity contribution in [1.82, 2.24) is 4.90 Å². The summed E-state index contributed by atoms with van der Waals surface area (Å²) in [6.45, 7) is 4.10. The Morgan fingerprint density at radius 2 is 1.79 bits per heavy atom. The minimum atomic E-state index is -3.31. The summed E-state index contributed by atoms with van der Waals surface area (Å²) in [5, 5.41) is 0. The lowest BCUT2D eigenvalue weighted by Crippen LogP contribution is -2.39. The molecule has 0 bridgehead atoms. The van der Waals surface area contributed by atoms with Crippen LogP contribution < -0.4 is 5.73 Å². The van der Waals surface area contributed by atoms with Gasteiger partial charge in [-0.2, -0.15) is 0 Å². The highest BCUT2D eigenvalue weighted by Crippen LogP contribution is 2.11. The van der Waals surface area contributed by atoms with Crippen LogP contribution in [0.15, 0.2) is 24.3 Å². The van der Waals surface area contributed by atoms with Crippen molar-refractivity contribution < 1.29 is 13.2 Å². The Kier molecular flexibility index (Phi) is 4.94. The fourth-order valence-corrected chi connectivity index (χ4v) is 2.30. The topological polar surface area (TPSA) is 80.5 Å². The molecule has 2 N–H and O–H groups in total. The standard InChI is InChI=1S/C13H20N2O3S/c1-10(2)15(13(16)9-19(3,17)18)8-11-4-6-12(14)7-5-11/h4-7,10H,8-9,14H2,1-3H3. The van der Waals surface area contributed by atoms with Gasteiger partial charge in [-0.3, -0.25) is 4.79 Å². The molecule has 5 nitrogen and oxygen atoms in total. The number of carbonyl (C=O) groups is 1. The first-order valence-corrected chi connectivity index (χ1v) is 8.06. The highest BCUT2D eigenvalue weighted by Gasteiger charge is 2.21. The molecule has 0 unspecified atom stereocenters. The largest absolute Gasteiger partial charge is 0.399 e. The van der Waals surface area contributed by atoms with Crippen LogP contribution in [0.2, 0.25) is 0 Å². The Morgan fingerprint density at radius 3 is 2.21 bits per heavy atom. The highest BCUT2D eigenvalue weighted by molar-refractivity contribution is 7.91. The van der Waals surface area contributed by atoms with Gasteiger partial charge in [-0.05, 0) is 31.5 Å². The fourth-order valence-electron chi connectivity index (χ4n) is 1.69. The molecule has 0 atom stereocenters. The lowest BCUT2D eigenvalue weighted by atomic mass is 10.1. The van der Waals surface area contributed by atoms with Crippen LogP contribution in [0.5, 0.6) is 0 Å². The molecule has 1 aromatic carbocycles. The van der Waals surface area contributed by atoms with E-state index in [2.05, 4.69) is 0 Å². The summed E-state index contributed by atoms with van der Waals surface area (Å²) in [6, 6.07) is 7.12. The number of carbonyl (C=O) groups excluding carboxylic acids is 1. The fraction of sp³-hybridized carbons (Fsp3) is 0.462. The summed E-state index contributed by atoms with van der Waals surface area (Å²) in [4.78, 5) is 13.5. The third-order valence-corrected chi connectivity index (χ3v) is 3.43. The van der Waals surface area contributed by atoms with E-state index in [-0.39, 0.29) is 11.9 Å². The molecule has 1 rings (SSSR count). The first-order chi connectivity index (χ1) is 8.69. The van der Waals surface area contributed by atoms with E-state index in [0.29, 0.717) is 12.2 Å². The molecular weight excluding hydrogens is 264 g/mol. The number of nitrogens with zero attached hydrogens (tertiary/aromatic N) is 1. The zero-order chi connectivity index (χ0) is 14.6. The molecule has 0 radical (unpaired) electrons. The van der Waals surface area contributed by atoms with E-state index < -0.39 is 15.6 Å². The number of nitrogens with two attached hydrogens (primary N) is 1. The van der Waals surface area contributed by atoms with Gasteiger partial charge in [-0.1, -0.05) is 12.1 Å². The van der Waals surface area contributed by atoms with Gasteiger partial charge in [0.05, 0.1) is 0 Å². The first kappa shape index (κ1) is 15.5. The summed E-state index contributed by atoms with van der Waals surface area (Å²) >= 11 is 0. The van der Waals surface area contributed by atoms with Crippen LogP contribution in [0.3, 0.4) is 0 Å². The maximum atomic E-state index is 12.0. The van der Waals surface area contributed by atoms with E-state index in [1.165, 1.54) is 0 Å². The minimum Gasteiger partial charge on any atom is -0.399 e. The van der Waals surface area contributed by atoms with Gasteiger partial charge >= 0.3 is 0 Å². The smallest absolute Gasteiger partial charge is 0.238 e. The van der Waals surface area contributed by atoms with Crippen LogP contribution in [0.1, 0.15) is 19.4 Å². The minimum absolute atomic E-state index is 0.0631. The summed E-state index contributed by atoms with van der Waals surface area (Å²) in [5.74, 6) is -0.838. The maximum absolute atomic E-state index is 12.0. The molecule has 0 saturated heterocycles. The van der Waals surface area contributed by atoms with Crippen molar-refractivity contribution >= 4 is 21.4 Å². The second-order valence-corrected chi connectivity index (χ2v) is 7.07. The average molecular weight is 284 g/mol. The number of anilines is 1. The SMILES string of the molecule is CC(C)N(Cc1ccc(N)cc1)C(=O)CS(C)(=O)=O. The van der Waals surface area contributed by atoms with E-state index in [9.17, 15) is 13.2 Å². The molecule has 0 heterocycles. The van der Waals surface area contributed by atoms with Crippen molar-refractivity contribution in [3.63, 3.8) is 0 Å². The highest BCUT2D eigenvalue weighted by atomic mass is 32.2. The number of rotatable bonds is 5. The van der Waals surface area contributed by atoms with Crippen LogP contribution in [-0.4, -0.2) is 37.3 Å². The second kappa shape index (κ2) is 6.06. The molecule has 0 aliphatic carbocycles. The van der Waals surface area contributed by atoms with Crippen molar-refractivity contribution in [1.29, 1.82) is 0 Å². The quantitative estimate of drug-likeness (QED) is 0.820. The molecule has 19 heavy (non-hydrogen) atoms. The predicted molar refractivity (Wildman–Crippen MR) is 76.3 cm³/mol. The van der Waals surface area contributed by atoms with Crippen LogP contribution in [-0.2, 0) is 21.2 Å². The monoisotopic (exact) mass is 284 g/mol. The van der Waals surface area contributed by atoms with Gasteiger partial charge in [0.25, 0.3) is 0 Å². The molecule has 0 spiro atoms. The van der Waals surface area contributed by atoms with E-state index in [0.717, 1.165) is 11.8 Å². The number of sulfone groups is 1. The lowest BCUT2D eigenvalue weighted by molar-refractivity contribution is -0.130. The summed E-state index contributed by atoms with van der Waals surface area (Å²) < 4.78 is 22.4. The molecule has 0 saturated carbocycles. The summed E-state index contributed by atoms with van der Waals surface area (Å²) in [7, 11) is -3.31. The first-order valence-electron chi connectivity index (χ1n) is 6.00. The Labute approximate surface area is 114 Å². The number of nitrogen functional groups attached to an aromatic ring is 1. The zero-order valence-electron chi connectivity index (χ0n) is 11.5. The molecule has 1 aromatic rings. The zero-order valence-corrected chi connectivity index (χ0v) is 12.3. The van der Waals surface area contributed by atoms with Gasteiger partial charge < -0.3 is 10.6 Å². The van der Waals surface area contributed by atoms with Crippen molar-refractivity contribution in [2.24, 2.45) is 0 Å². The van der Waals surface area contributed by atoms with Crippen LogP contribution in [0.25, 0.3) is 0 Å². The van der Waals surface area contributed by atoms with Gasteiger partial charge in [0.15, 0.2) is 9.84 Å². The normalized spacial score (nSPS) is 11.6. The summed E-state index contributed by atoms with van der Waals surface area (Å²) in [6.07, 6.45) is 1.06. The van der Waals surface area contributed by atoms with E-state index >= 15 is 0 Å². The summed E-state index contributed by atoms with van der Waals surface area (Å²) in [5.41, 5.74) is 7.18. The second-order valence-electron chi connectivity index (χ2n) is 4.93. The third kappa shape index (κ3) is 5.30. The Bertz CT molecular complexity index is 536. The predicted octanol–water partition coefficient (Wildman–Crippen LogP) is 1.05. The molecule has 106 valence electrons. The van der Waals surface area contributed by atoms with Gasteiger partial charge in [0.2, 0.25) is 5.91 Å². The van der Waals surface area contributed by atoms with Gasteiger partial charge in [0, 0.05) is 24.5 Å². The molecule has 0 aromatic heterocycles. The van der Waals surface area contributed by atoms with Gasteiger partial charge in [0.1, 0.15) is 5.75 Å². The number of amides is 1. The number of benzene rings is 1. The van der Waals surface area contributed by atoms with E-state index in [4.69, 9.17) is 5.73 Å². The van der Waals surface area contributed by atoms with Crippen molar-refractivity contribution in [2.45, 2.75) is 26.4 Å². The maximum Gasteiger partial charge on any atom is 0.238 e. The molecule has 6 heteroatoms. The molecular formula is C13H20N2O3S. The average Bonchev–Trinajstić information content (AvgIpc) is 2.25. The number of hydrogen-bond acceptors (Lipinski definition) is 4. The molecule has 0 fully saturated rings. The van der Waals surface area contributed by atoms with E-state index in [1.54, 1.807) is 17.0 Å². The third-order valence-electron chi connectivity index (χ3n) is 2.66. The van der Waals surface area contributed by atoms with Crippen LogP contribution in [0.4, 0.5) is 5.69 Å². The Hall–Kier alpha value is -1.56. The van der Waals surface area contributed by atoms with Crippen LogP contribution in [0, 0.1) is 0 Å². The Balaban J connectivity index is 2.84. The molecule has 0 aliphatic heterocycles. The van der Waals surface area contributed by atoms with Gasteiger partial charge in [-0.25, -0.2) is 8.42 Å².